The molecule has 0 aliphatic carbocycles. The van der Waals surface area contributed by atoms with E-state index in [4.69, 9.17) is 15.5 Å². The third-order valence-corrected chi connectivity index (χ3v) is 5.88. The number of nitrogens with two attached hydrogens (primary N) is 1. The Kier molecular flexibility index (Phi) is 7.46. The van der Waals surface area contributed by atoms with Crippen LogP contribution in [0.4, 0.5) is 5.69 Å². The first-order valence-electron chi connectivity index (χ1n) is 11.5. The number of aromatic hydroxyl groups is 1. The molecule has 0 fully saturated rings. The molecule has 0 bridgehead atoms. The molecule has 0 aliphatic heterocycles. The quantitative estimate of drug-likeness (QED) is 0.218. The number of ether oxygens (including phenoxy) is 1. The maximum absolute atomic E-state index is 12.0. The summed E-state index contributed by atoms with van der Waals surface area (Å²) in [5, 5.41) is 14.3. The molecular formula is C28H28N4O4. The van der Waals surface area contributed by atoms with E-state index >= 15 is 0 Å². The first-order valence-corrected chi connectivity index (χ1v) is 11.5. The van der Waals surface area contributed by atoms with Crippen LogP contribution in [0.25, 0.3) is 10.9 Å². The van der Waals surface area contributed by atoms with Crippen molar-refractivity contribution in [3.63, 3.8) is 0 Å². The number of benzene rings is 3. The minimum Gasteiger partial charge on any atom is -0.494 e. The zero-order valence-electron chi connectivity index (χ0n) is 20.1. The Hall–Kier alpha value is -4.43. The number of fused-ring (bicyclic) bond motifs is 1. The SMILES string of the molecule is COC(=O)c1ccc2c(C(=Nc3ccc(C(N)CCNC(C)=O)cc3)c3ccccc3)c(O)[nH]c2c1. The maximum atomic E-state index is 12.0. The fourth-order valence-corrected chi connectivity index (χ4v) is 4.02. The fourth-order valence-electron chi connectivity index (χ4n) is 4.02. The Labute approximate surface area is 208 Å². The minimum absolute atomic E-state index is 0.0498. The number of aliphatic imine (C=N–C) groups is 1. The summed E-state index contributed by atoms with van der Waals surface area (Å²) in [6.07, 6.45) is 0.619. The van der Waals surface area contributed by atoms with Crippen molar-refractivity contribution in [3.8, 4) is 5.88 Å². The highest BCUT2D eigenvalue weighted by atomic mass is 16.5. The molecule has 1 aromatic heterocycles. The number of amides is 1. The summed E-state index contributed by atoms with van der Waals surface area (Å²) in [5.41, 5.74) is 10.8. The van der Waals surface area contributed by atoms with E-state index < -0.39 is 5.97 Å². The minimum atomic E-state index is -0.458. The van der Waals surface area contributed by atoms with Gasteiger partial charge in [-0.3, -0.25) is 4.79 Å². The zero-order chi connectivity index (χ0) is 25.7. The van der Waals surface area contributed by atoms with Gasteiger partial charge in [-0.2, -0.15) is 0 Å². The third kappa shape index (κ3) is 5.45. The van der Waals surface area contributed by atoms with Crippen LogP contribution in [0.5, 0.6) is 5.88 Å². The lowest BCUT2D eigenvalue weighted by Gasteiger charge is -2.13. The summed E-state index contributed by atoms with van der Waals surface area (Å²) in [5.74, 6) is -0.589. The summed E-state index contributed by atoms with van der Waals surface area (Å²) in [6.45, 7) is 1.98. The van der Waals surface area contributed by atoms with Crippen LogP contribution in [-0.4, -0.2) is 41.3 Å². The molecule has 5 N–H and O–H groups in total. The Morgan fingerprint density at radius 3 is 2.44 bits per heavy atom. The van der Waals surface area contributed by atoms with Crippen molar-refractivity contribution in [3.05, 3.63) is 95.1 Å². The van der Waals surface area contributed by atoms with Crippen molar-refractivity contribution in [2.24, 2.45) is 10.7 Å². The Bertz CT molecular complexity index is 1410. The van der Waals surface area contributed by atoms with E-state index in [-0.39, 0.29) is 17.8 Å². The van der Waals surface area contributed by atoms with E-state index in [1.54, 1.807) is 18.2 Å². The van der Waals surface area contributed by atoms with Crippen LogP contribution in [-0.2, 0) is 9.53 Å². The van der Waals surface area contributed by atoms with Gasteiger partial charge in [0.15, 0.2) is 5.88 Å². The predicted octanol–water partition coefficient (Wildman–Crippen LogP) is 4.36. The normalized spacial score (nSPS) is 12.4. The number of hydrogen-bond donors (Lipinski definition) is 4. The van der Waals surface area contributed by atoms with Crippen molar-refractivity contribution < 1.29 is 19.4 Å². The second-order valence-corrected chi connectivity index (χ2v) is 8.40. The molecule has 8 nitrogen and oxygen atoms in total. The van der Waals surface area contributed by atoms with E-state index in [0.717, 1.165) is 16.5 Å². The van der Waals surface area contributed by atoms with Crippen LogP contribution in [0.15, 0.2) is 77.8 Å². The number of aromatic nitrogens is 1. The van der Waals surface area contributed by atoms with Crippen LogP contribution in [0, 0.1) is 0 Å². The van der Waals surface area contributed by atoms with Crippen LogP contribution in [0.3, 0.4) is 0 Å². The number of carbonyl (C=O) groups excluding carboxylic acids is 2. The molecule has 4 aromatic rings. The molecule has 3 aromatic carbocycles. The highest BCUT2D eigenvalue weighted by molar-refractivity contribution is 6.22. The lowest BCUT2D eigenvalue weighted by atomic mass is 10.00. The smallest absolute Gasteiger partial charge is 0.337 e. The van der Waals surface area contributed by atoms with Gasteiger partial charge in [-0.05, 0) is 36.2 Å². The predicted molar refractivity (Wildman–Crippen MR) is 140 cm³/mol. The molecule has 1 heterocycles. The molecule has 184 valence electrons. The van der Waals surface area contributed by atoms with Crippen LogP contribution in [0.1, 0.15) is 46.4 Å². The number of carbonyl (C=O) groups is 2. The number of rotatable bonds is 8. The first kappa shape index (κ1) is 24.7. The lowest BCUT2D eigenvalue weighted by molar-refractivity contribution is -0.118. The number of H-pyrrole nitrogens is 1. The standard InChI is InChI=1S/C28H28N4O4/c1-17(33)30-15-14-23(29)18-8-11-21(12-9-18)31-26(19-6-4-3-5-7-19)25-22-13-10-20(28(35)36-2)16-24(22)32-27(25)34/h3-13,16,23,32,34H,14-15,29H2,1-2H3,(H,30,33). The second kappa shape index (κ2) is 10.9. The van der Waals surface area contributed by atoms with E-state index in [0.29, 0.717) is 41.0 Å². The number of methoxy groups -OCH3 is 1. The fraction of sp³-hybridized carbons (Fsp3) is 0.179. The van der Waals surface area contributed by atoms with Gasteiger partial charge in [-0.15, -0.1) is 0 Å². The molecule has 0 saturated heterocycles. The number of nitrogens with zero attached hydrogens (tertiary/aromatic N) is 1. The maximum Gasteiger partial charge on any atom is 0.337 e. The first-order chi connectivity index (χ1) is 17.4. The molecule has 0 spiro atoms. The molecule has 36 heavy (non-hydrogen) atoms. The van der Waals surface area contributed by atoms with Crippen molar-refractivity contribution in [2.45, 2.75) is 19.4 Å². The van der Waals surface area contributed by atoms with Crippen molar-refractivity contribution >= 4 is 34.2 Å². The van der Waals surface area contributed by atoms with Gasteiger partial charge in [0.1, 0.15) is 0 Å². The highest BCUT2D eigenvalue weighted by Crippen LogP contribution is 2.32. The Morgan fingerprint density at radius 1 is 1.06 bits per heavy atom. The van der Waals surface area contributed by atoms with E-state index in [1.165, 1.54) is 14.0 Å². The monoisotopic (exact) mass is 484 g/mol. The summed E-state index contributed by atoms with van der Waals surface area (Å²) in [7, 11) is 1.32. The average Bonchev–Trinajstić information content (AvgIpc) is 3.22. The summed E-state index contributed by atoms with van der Waals surface area (Å²) in [6, 6.07) is 22.0. The van der Waals surface area contributed by atoms with Gasteiger partial charge in [0, 0.05) is 36.0 Å². The second-order valence-electron chi connectivity index (χ2n) is 8.40. The van der Waals surface area contributed by atoms with Gasteiger partial charge in [0.25, 0.3) is 0 Å². The third-order valence-electron chi connectivity index (χ3n) is 5.88. The van der Waals surface area contributed by atoms with Gasteiger partial charge in [-0.1, -0.05) is 48.5 Å². The number of nitrogens with one attached hydrogen (secondary N) is 2. The van der Waals surface area contributed by atoms with Crippen LogP contribution < -0.4 is 11.1 Å². The van der Waals surface area contributed by atoms with Gasteiger partial charge in [-0.25, -0.2) is 9.79 Å². The van der Waals surface area contributed by atoms with Crippen LogP contribution in [0.2, 0.25) is 0 Å². The summed E-state index contributed by atoms with van der Waals surface area (Å²) >= 11 is 0. The molecule has 0 saturated carbocycles. The molecule has 4 rings (SSSR count). The summed E-state index contributed by atoms with van der Waals surface area (Å²) in [4.78, 5) is 30.9. The van der Waals surface area contributed by atoms with Crippen molar-refractivity contribution in [1.29, 1.82) is 0 Å². The number of esters is 1. The lowest BCUT2D eigenvalue weighted by Crippen LogP contribution is -2.24. The number of aromatic amines is 1. The largest absolute Gasteiger partial charge is 0.494 e. The molecule has 1 atom stereocenters. The topological polar surface area (TPSA) is 130 Å². The van der Waals surface area contributed by atoms with E-state index in [9.17, 15) is 14.7 Å². The van der Waals surface area contributed by atoms with E-state index in [1.807, 2.05) is 54.6 Å². The molecule has 0 radical (unpaired) electrons. The van der Waals surface area contributed by atoms with Crippen LogP contribution >= 0.6 is 0 Å². The molecule has 0 aliphatic rings. The average molecular weight is 485 g/mol. The zero-order valence-corrected chi connectivity index (χ0v) is 20.1. The van der Waals surface area contributed by atoms with Gasteiger partial charge in [0.2, 0.25) is 5.91 Å². The molecule has 1 unspecified atom stereocenters. The highest BCUT2D eigenvalue weighted by Gasteiger charge is 2.20. The Balaban J connectivity index is 1.72. The Morgan fingerprint density at radius 2 is 1.78 bits per heavy atom. The summed E-state index contributed by atoms with van der Waals surface area (Å²) < 4.78 is 4.81. The van der Waals surface area contributed by atoms with Crippen molar-refractivity contribution in [1.82, 2.24) is 10.3 Å². The molecular weight excluding hydrogens is 456 g/mol. The van der Waals surface area contributed by atoms with Gasteiger partial charge in [0.05, 0.1) is 29.6 Å². The molecule has 1 amide bonds. The number of hydrogen-bond acceptors (Lipinski definition) is 6. The van der Waals surface area contributed by atoms with Gasteiger partial charge >= 0.3 is 5.97 Å². The van der Waals surface area contributed by atoms with Crippen molar-refractivity contribution in [2.75, 3.05) is 13.7 Å². The molecule has 8 heteroatoms. The van der Waals surface area contributed by atoms with Gasteiger partial charge < -0.3 is 25.9 Å². The van der Waals surface area contributed by atoms with E-state index in [2.05, 4.69) is 10.3 Å².